The number of aliphatic imine (C=N–C) groups is 1. The van der Waals surface area contributed by atoms with Crippen LogP contribution in [-0.2, 0) is 11.2 Å². The Morgan fingerprint density at radius 3 is 2.72 bits per heavy atom. The Morgan fingerprint density at radius 1 is 1.28 bits per heavy atom. The number of rotatable bonds is 5. The van der Waals surface area contributed by atoms with Crippen molar-refractivity contribution in [1.82, 2.24) is 9.88 Å². The van der Waals surface area contributed by atoms with Crippen molar-refractivity contribution in [2.24, 2.45) is 4.99 Å². The van der Waals surface area contributed by atoms with Crippen molar-refractivity contribution in [2.75, 3.05) is 6.54 Å². The van der Waals surface area contributed by atoms with Gasteiger partial charge in [0.25, 0.3) is 5.91 Å². The number of amides is 1. The first-order chi connectivity index (χ1) is 12.2. The van der Waals surface area contributed by atoms with Crippen molar-refractivity contribution in [1.29, 1.82) is 0 Å². The minimum Gasteiger partial charge on any atom is -0.283 e. The van der Waals surface area contributed by atoms with Crippen LogP contribution in [0, 0.1) is 0 Å². The van der Waals surface area contributed by atoms with Gasteiger partial charge in [0, 0.05) is 12.7 Å². The van der Waals surface area contributed by atoms with E-state index in [2.05, 4.69) is 35.6 Å². The van der Waals surface area contributed by atoms with Gasteiger partial charge in [-0.25, -0.2) is 4.99 Å². The van der Waals surface area contributed by atoms with Crippen LogP contribution in [-0.4, -0.2) is 27.5 Å². The minimum absolute atomic E-state index is 0.0490. The molecule has 1 fully saturated rings. The summed E-state index contributed by atoms with van der Waals surface area (Å²) in [5, 5.41) is 0.648. The van der Waals surface area contributed by atoms with Crippen LogP contribution in [0.25, 0.3) is 6.08 Å². The molecule has 2 aromatic rings. The van der Waals surface area contributed by atoms with E-state index in [4.69, 9.17) is 0 Å². The van der Waals surface area contributed by atoms with Crippen molar-refractivity contribution >= 4 is 34.6 Å². The molecule has 1 aromatic carbocycles. The quantitative estimate of drug-likeness (QED) is 0.592. The summed E-state index contributed by atoms with van der Waals surface area (Å²) >= 11 is 1.38. The van der Waals surface area contributed by atoms with Gasteiger partial charge in [0.1, 0.15) is 0 Å². The van der Waals surface area contributed by atoms with Gasteiger partial charge in [-0.3, -0.25) is 14.7 Å². The highest BCUT2D eigenvalue weighted by Crippen LogP contribution is 2.33. The van der Waals surface area contributed by atoms with Gasteiger partial charge in [0.2, 0.25) is 0 Å². The third-order valence-electron chi connectivity index (χ3n) is 3.76. The molecule has 0 unspecified atom stereocenters. The summed E-state index contributed by atoms with van der Waals surface area (Å²) in [6.45, 7) is 6.29. The van der Waals surface area contributed by atoms with Gasteiger partial charge in [-0.05, 0) is 47.5 Å². The Hall–Kier alpha value is -2.66. The third-order valence-corrected chi connectivity index (χ3v) is 4.76. The molecular formula is C20H19N3OS. The lowest BCUT2D eigenvalue weighted by atomic mass is 10.1. The smallest absolute Gasteiger partial charge is 0.267 e. The number of thioether (sulfide) groups is 1. The Balaban J connectivity index is 1.91. The number of aryl methyl sites for hydroxylation is 1. The van der Waals surface area contributed by atoms with E-state index < -0.39 is 0 Å². The fourth-order valence-electron chi connectivity index (χ4n) is 2.41. The van der Waals surface area contributed by atoms with E-state index in [0.29, 0.717) is 16.6 Å². The summed E-state index contributed by atoms with van der Waals surface area (Å²) in [5.41, 5.74) is 3.01. The Morgan fingerprint density at radius 2 is 2.08 bits per heavy atom. The largest absolute Gasteiger partial charge is 0.283 e. The second kappa shape index (κ2) is 7.94. The average molecular weight is 349 g/mol. The Labute approximate surface area is 152 Å². The number of aromatic nitrogens is 1. The number of amidine groups is 1. The summed E-state index contributed by atoms with van der Waals surface area (Å²) in [7, 11) is 0. The predicted molar refractivity (Wildman–Crippen MR) is 105 cm³/mol. The van der Waals surface area contributed by atoms with Gasteiger partial charge in [-0.2, -0.15) is 0 Å². The molecule has 4 nitrogen and oxygen atoms in total. The Bertz CT molecular complexity index is 826. The molecule has 0 bridgehead atoms. The number of hydrogen-bond donors (Lipinski definition) is 0. The highest BCUT2D eigenvalue weighted by Gasteiger charge is 2.32. The van der Waals surface area contributed by atoms with Crippen LogP contribution in [0.15, 0.2) is 71.3 Å². The molecule has 1 amide bonds. The number of hydrogen-bond acceptors (Lipinski definition) is 4. The van der Waals surface area contributed by atoms with E-state index in [9.17, 15) is 4.79 Å². The maximum Gasteiger partial charge on any atom is 0.267 e. The van der Waals surface area contributed by atoms with E-state index >= 15 is 0 Å². The summed E-state index contributed by atoms with van der Waals surface area (Å²) in [5.74, 6) is -0.0490. The zero-order valence-corrected chi connectivity index (χ0v) is 14.9. The fraction of sp³-hybridized carbons (Fsp3) is 0.150. The molecule has 0 N–H and O–H groups in total. The van der Waals surface area contributed by atoms with E-state index in [0.717, 1.165) is 17.7 Å². The first-order valence-corrected chi connectivity index (χ1v) is 8.93. The molecule has 0 radical (unpaired) electrons. The first-order valence-electron chi connectivity index (χ1n) is 8.11. The van der Waals surface area contributed by atoms with Gasteiger partial charge >= 0.3 is 0 Å². The van der Waals surface area contributed by atoms with E-state index in [1.54, 1.807) is 23.4 Å². The number of nitrogens with zero attached hydrogens (tertiary/aromatic N) is 3. The maximum absolute atomic E-state index is 12.7. The summed E-state index contributed by atoms with van der Waals surface area (Å²) in [4.78, 5) is 23.6. The monoisotopic (exact) mass is 349 g/mol. The van der Waals surface area contributed by atoms with E-state index in [-0.39, 0.29) is 5.91 Å². The highest BCUT2D eigenvalue weighted by molar-refractivity contribution is 8.18. The molecule has 0 spiro atoms. The van der Waals surface area contributed by atoms with Crippen LogP contribution in [0.3, 0.4) is 0 Å². The lowest BCUT2D eigenvalue weighted by Crippen LogP contribution is -2.29. The van der Waals surface area contributed by atoms with Crippen LogP contribution < -0.4 is 0 Å². The summed E-state index contributed by atoms with van der Waals surface area (Å²) < 4.78 is 0. The molecule has 25 heavy (non-hydrogen) atoms. The normalized spacial score (nSPS) is 17.5. The van der Waals surface area contributed by atoms with Crippen LogP contribution in [0.4, 0.5) is 5.69 Å². The van der Waals surface area contributed by atoms with Crippen molar-refractivity contribution in [3.63, 3.8) is 0 Å². The molecule has 1 aliphatic rings. The van der Waals surface area contributed by atoms with Crippen molar-refractivity contribution in [3.05, 3.63) is 77.5 Å². The zero-order valence-electron chi connectivity index (χ0n) is 14.1. The van der Waals surface area contributed by atoms with Crippen LogP contribution in [0.5, 0.6) is 0 Å². The first kappa shape index (κ1) is 17.2. The van der Waals surface area contributed by atoms with Gasteiger partial charge in [0.05, 0.1) is 16.8 Å². The van der Waals surface area contributed by atoms with Gasteiger partial charge < -0.3 is 0 Å². The fourth-order valence-corrected chi connectivity index (χ4v) is 3.42. The standard InChI is InChI=1S/C20H19N3OS/c1-3-12-23-19(24)18(13-16-9-7-15(4-2)8-10-16)25-20(23)22-17-6-5-11-21-14-17/h3,5-11,13-14H,1,4,12H2,2H3/b18-13-,22-20?. The zero-order chi connectivity index (χ0) is 17.6. The molecule has 1 aliphatic heterocycles. The van der Waals surface area contributed by atoms with Crippen molar-refractivity contribution in [2.45, 2.75) is 13.3 Å². The number of carbonyl (C=O) groups excluding carboxylic acids is 1. The number of pyridine rings is 1. The predicted octanol–water partition coefficient (Wildman–Crippen LogP) is 4.43. The van der Waals surface area contributed by atoms with Crippen molar-refractivity contribution in [3.8, 4) is 0 Å². The minimum atomic E-state index is -0.0490. The van der Waals surface area contributed by atoms with Crippen LogP contribution >= 0.6 is 11.8 Å². The lowest BCUT2D eigenvalue weighted by molar-refractivity contribution is -0.121. The highest BCUT2D eigenvalue weighted by atomic mass is 32.2. The van der Waals surface area contributed by atoms with Gasteiger partial charge in [0.15, 0.2) is 5.17 Å². The summed E-state index contributed by atoms with van der Waals surface area (Å²) in [6, 6.07) is 11.9. The van der Waals surface area contributed by atoms with E-state index in [1.807, 2.05) is 30.3 Å². The molecule has 0 atom stereocenters. The van der Waals surface area contributed by atoms with E-state index in [1.165, 1.54) is 17.3 Å². The molecule has 2 heterocycles. The summed E-state index contributed by atoms with van der Waals surface area (Å²) in [6.07, 6.45) is 7.99. The molecule has 0 aliphatic carbocycles. The average Bonchev–Trinajstić information content (AvgIpc) is 2.92. The van der Waals surface area contributed by atoms with Crippen molar-refractivity contribution < 1.29 is 4.79 Å². The molecule has 126 valence electrons. The number of carbonyl (C=O) groups is 1. The SMILES string of the molecule is C=CCN1C(=O)/C(=C/c2ccc(CC)cc2)SC1=Nc1cccnc1. The second-order valence-corrected chi connectivity index (χ2v) is 6.52. The molecule has 0 saturated carbocycles. The number of benzene rings is 1. The van der Waals surface area contributed by atoms with Gasteiger partial charge in [-0.1, -0.05) is 37.3 Å². The lowest BCUT2D eigenvalue weighted by Gasteiger charge is -2.12. The molecule has 3 rings (SSSR count). The Kier molecular flexibility index (Phi) is 5.46. The van der Waals surface area contributed by atoms with Crippen LogP contribution in [0.1, 0.15) is 18.1 Å². The second-order valence-electron chi connectivity index (χ2n) is 5.52. The molecule has 1 saturated heterocycles. The molecule has 5 heteroatoms. The molecular weight excluding hydrogens is 330 g/mol. The maximum atomic E-state index is 12.7. The third kappa shape index (κ3) is 4.06. The van der Waals surface area contributed by atoms with Crippen LogP contribution in [0.2, 0.25) is 0 Å². The topological polar surface area (TPSA) is 45.6 Å². The van der Waals surface area contributed by atoms with Gasteiger partial charge in [-0.15, -0.1) is 6.58 Å². The molecule has 1 aromatic heterocycles.